The average molecular weight is 628 g/mol. The van der Waals surface area contributed by atoms with Crippen LogP contribution in [0.25, 0.3) is 43.5 Å². The number of para-hydroxylation sites is 2. The van der Waals surface area contributed by atoms with Gasteiger partial charge in [0.15, 0.2) is 13.8 Å². The molecule has 1 aromatic heterocycles. The molecule has 0 radical (unpaired) electrons. The van der Waals surface area contributed by atoms with Crippen LogP contribution in [0.2, 0.25) is 0 Å². The van der Waals surface area contributed by atoms with Crippen molar-refractivity contribution in [1.29, 1.82) is 5.26 Å². The van der Waals surface area contributed by atoms with E-state index in [1.54, 1.807) is 0 Å². The van der Waals surface area contributed by atoms with E-state index < -0.39 is 8.07 Å². The molecule has 1 heterocycles. The predicted molar refractivity (Wildman–Crippen MR) is 201 cm³/mol. The Balaban J connectivity index is 1.34. The smallest absolute Gasteiger partial charge is 0.188 e. The molecule has 48 heavy (non-hydrogen) atoms. The Kier molecular flexibility index (Phi) is 7.27. The van der Waals surface area contributed by atoms with Gasteiger partial charge in [0, 0.05) is 10.9 Å². The summed E-state index contributed by atoms with van der Waals surface area (Å²) in [6, 6.07) is 64.3. The summed E-state index contributed by atoms with van der Waals surface area (Å²) in [4.78, 5) is 3.71. The van der Waals surface area contributed by atoms with Crippen molar-refractivity contribution in [3.8, 4) is 22.9 Å². The fourth-order valence-electron chi connectivity index (χ4n) is 7.27. The normalized spacial score (nSPS) is 11.3. The topological polar surface area (TPSA) is 33.1 Å². The molecule has 0 amide bonds. The molecular weight excluding hydrogens is 599 g/mol. The summed E-state index contributed by atoms with van der Waals surface area (Å²) in [7, 11) is -2.75. The highest BCUT2D eigenvalue weighted by molar-refractivity contribution is 7.19. The van der Waals surface area contributed by atoms with Gasteiger partial charge in [0.2, 0.25) is 0 Å². The van der Waals surface area contributed by atoms with Crippen molar-refractivity contribution in [2.75, 3.05) is 0 Å². The minimum atomic E-state index is -2.75. The molecule has 0 bridgehead atoms. The number of nitriles is 1. The third kappa shape index (κ3) is 4.64. The van der Waals surface area contributed by atoms with E-state index in [4.69, 9.17) is 6.57 Å². The first kappa shape index (κ1) is 29.0. The number of benzene rings is 7. The molecule has 0 fully saturated rings. The van der Waals surface area contributed by atoms with Gasteiger partial charge < -0.3 is 4.57 Å². The first-order valence-corrected chi connectivity index (χ1v) is 17.9. The number of hydrogen-bond donors (Lipinski definition) is 0. The van der Waals surface area contributed by atoms with Crippen molar-refractivity contribution in [3.05, 3.63) is 193 Å². The van der Waals surface area contributed by atoms with Crippen LogP contribution >= 0.6 is 0 Å². The summed E-state index contributed by atoms with van der Waals surface area (Å²) in [5, 5.41) is 16.9. The summed E-state index contributed by atoms with van der Waals surface area (Å²) in [5.41, 5.74) is 6.83. The van der Waals surface area contributed by atoms with Gasteiger partial charge in [-0.15, -0.1) is 0 Å². The maximum Gasteiger partial charge on any atom is 0.188 e. The van der Waals surface area contributed by atoms with Crippen LogP contribution in [0, 0.1) is 17.9 Å². The Hall–Kier alpha value is -6.46. The molecular formula is C44H29N3Si. The zero-order valence-corrected chi connectivity index (χ0v) is 27.1. The number of fused-ring (bicyclic) bond motifs is 3. The lowest BCUT2D eigenvalue weighted by Gasteiger charge is -2.34. The molecule has 0 aliphatic heterocycles. The third-order valence-corrected chi connectivity index (χ3v) is 14.2. The molecule has 0 atom stereocenters. The van der Waals surface area contributed by atoms with Gasteiger partial charge >= 0.3 is 0 Å². The van der Waals surface area contributed by atoms with E-state index in [1.807, 2.05) is 24.3 Å². The molecule has 3 nitrogen and oxygen atoms in total. The van der Waals surface area contributed by atoms with Crippen LogP contribution in [0.3, 0.4) is 0 Å². The van der Waals surface area contributed by atoms with Crippen LogP contribution in [0.15, 0.2) is 176 Å². The van der Waals surface area contributed by atoms with Gasteiger partial charge in [-0.2, -0.15) is 5.26 Å². The second-order valence-electron chi connectivity index (χ2n) is 11.9. The Morgan fingerprint density at radius 3 is 1.71 bits per heavy atom. The van der Waals surface area contributed by atoms with Gasteiger partial charge in [-0.25, -0.2) is 4.85 Å². The highest BCUT2D eigenvalue weighted by atomic mass is 28.3. The summed E-state index contributed by atoms with van der Waals surface area (Å²) < 4.78 is 2.32. The second kappa shape index (κ2) is 12.0. The minimum absolute atomic E-state index is 0.640. The third-order valence-electron chi connectivity index (χ3n) is 9.42. The highest BCUT2D eigenvalue weighted by Crippen LogP contribution is 2.37. The lowest BCUT2D eigenvalue weighted by atomic mass is 10.0. The lowest BCUT2D eigenvalue weighted by molar-refractivity contribution is 1.18. The van der Waals surface area contributed by atoms with Crippen LogP contribution in [-0.2, 0) is 0 Å². The Bertz CT molecular complexity index is 2460. The van der Waals surface area contributed by atoms with Crippen molar-refractivity contribution >= 4 is 56.3 Å². The van der Waals surface area contributed by atoms with E-state index in [0.717, 1.165) is 38.6 Å². The first-order valence-electron chi connectivity index (χ1n) is 15.9. The predicted octanol–water partition coefficient (Wildman–Crippen LogP) is 8.25. The van der Waals surface area contributed by atoms with Gasteiger partial charge in [-0.3, -0.25) is 0 Å². The van der Waals surface area contributed by atoms with Crippen LogP contribution in [0.5, 0.6) is 0 Å². The maximum absolute atomic E-state index is 9.60. The average Bonchev–Trinajstić information content (AvgIpc) is 3.50. The molecule has 4 heteroatoms. The molecule has 224 valence electrons. The van der Waals surface area contributed by atoms with Crippen molar-refractivity contribution in [3.63, 3.8) is 0 Å². The standard InChI is InChI=1S/C44H29N3Si/c1-46-34-24-29-44-41(30-34)40-17-9-11-19-43(40)47(44)42-18-10-8-16-39(42)33-22-27-38(28-23-33)48(35-12-4-2-5-13-35,36-14-6-3-7-15-36)37-25-20-32(31-45)21-26-37/h2-30H. The van der Waals surface area contributed by atoms with Crippen LogP contribution in [0.1, 0.15) is 5.56 Å². The molecule has 0 saturated heterocycles. The Morgan fingerprint density at radius 1 is 0.521 bits per heavy atom. The molecule has 0 aliphatic rings. The fourth-order valence-corrected chi connectivity index (χ4v) is 12.0. The van der Waals surface area contributed by atoms with Gasteiger partial charge in [0.25, 0.3) is 0 Å². The van der Waals surface area contributed by atoms with Gasteiger partial charge in [0.05, 0.1) is 34.9 Å². The van der Waals surface area contributed by atoms with Crippen molar-refractivity contribution < 1.29 is 0 Å². The van der Waals surface area contributed by atoms with E-state index in [2.05, 4.69) is 167 Å². The molecule has 0 unspecified atom stereocenters. The molecule has 0 spiro atoms. The largest absolute Gasteiger partial charge is 0.309 e. The van der Waals surface area contributed by atoms with Crippen molar-refractivity contribution in [2.24, 2.45) is 0 Å². The Morgan fingerprint density at radius 2 is 1.06 bits per heavy atom. The van der Waals surface area contributed by atoms with E-state index in [-0.39, 0.29) is 0 Å². The molecule has 8 aromatic rings. The zero-order valence-electron chi connectivity index (χ0n) is 26.1. The maximum atomic E-state index is 9.60. The van der Waals surface area contributed by atoms with Crippen LogP contribution < -0.4 is 20.7 Å². The fraction of sp³-hybridized carbons (Fsp3) is 0. The zero-order chi connectivity index (χ0) is 32.5. The van der Waals surface area contributed by atoms with Gasteiger partial charge in [-0.05, 0) is 68.1 Å². The van der Waals surface area contributed by atoms with E-state index in [0.29, 0.717) is 11.3 Å². The van der Waals surface area contributed by atoms with Crippen LogP contribution in [-0.4, -0.2) is 12.6 Å². The van der Waals surface area contributed by atoms with E-state index in [9.17, 15) is 5.26 Å². The Labute approximate surface area is 281 Å². The molecule has 0 N–H and O–H groups in total. The summed E-state index contributed by atoms with van der Waals surface area (Å²) >= 11 is 0. The van der Waals surface area contributed by atoms with Crippen LogP contribution in [0.4, 0.5) is 5.69 Å². The van der Waals surface area contributed by atoms with Crippen molar-refractivity contribution in [2.45, 2.75) is 0 Å². The minimum Gasteiger partial charge on any atom is -0.309 e. The molecule has 0 aliphatic carbocycles. The van der Waals surface area contributed by atoms with Crippen molar-refractivity contribution in [1.82, 2.24) is 4.57 Å². The van der Waals surface area contributed by atoms with Gasteiger partial charge in [0.1, 0.15) is 0 Å². The molecule has 0 saturated carbocycles. The number of hydrogen-bond acceptors (Lipinski definition) is 1. The number of nitrogens with zero attached hydrogens (tertiary/aromatic N) is 3. The van der Waals surface area contributed by atoms with Gasteiger partial charge in [-0.1, -0.05) is 140 Å². The van der Waals surface area contributed by atoms with E-state index in [1.165, 1.54) is 20.7 Å². The summed E-state index contributed by atoms with van der Waals surface area (Å²) in [6.45, 7) is 7.60. The summed E-state index contributed by atoms with van der Waals surface area (Å²) in [5.74, 6) is 0. The summed E-state index contributed by atoms with van der Waals surface area (Å²) in [6.07, 6.45) is 0. The van der Waals surface area contributed by atoms with E-state index >= 15 is 0 Å². The monoisotopic (exact) mass is 627 g/mol. The second-order valence-corrected chi connectivity index (χ2v) is 15.7. The number of aromatic nitrogens is 1. The number of rotatable bonds is 6. The lowest BCUT2D eigenvalue weighted by Crippen LogP contribution is -2.74. The SMILES string of the molecule is [C-]#[N+]c1ccc2c(c1)c1ccccc1n2-c1ccccc1-c1ccc([Si](c2ccccc2)(c2ccccc2)c2ccc(C#N)cc2)cc1. The first-order chi connectivity index (χ1) is 23.7. The quantitative estimate of drug-likeness (QED) is 0.104. The highest BCUT2D eigenvalue weighted by Gasteiger charge is 2.41. The molecule has 8 rings (SSSR count). The molecule has 7 aromatic carbocycles.